The van der Waals surface area contributed by atoms with Crippen molar-refractivity contribution in [3.8, 4) is 11.2 Å². The van der Waals surface area contributed by atoms with Crippen LogP contribution in [0.3, 0.4) is 0 Å². The number of alkyl halides is 3. The van der Waals surface area contributed by atoms with Crippen LogP contribution in [-0.4, -0.2) is 0 Å². The van der Waals surface area contributed by atoms with Crippen LogP contribution in [0.25, 0.3) is 0 Å². The topological polar surface area (TPSA) is 0 Å². The first kappa shape index (κ1) is 10.0. The number of halogens is 3. The Hall–Kier alpha value is -1.08. The van der Waals surface area contributed by atoms with Gasteiger partial charge in [-0.25, -0.2) is 0 Å². The minimum Gasteiger partial charge on any atom is -0.166 e. The van der Waals surface area contributed by atoms with Crippen LogP contribution in [0.15, 0.2) is 24.3 Å². The molecular weight excluding hydrogens is 197 g/mol. The van der Waals surface area contributed by atoms with E-state index >= 15 is 0 Å². The normalized spacial score (nSPS) is 10.5. The first-order valence-electron chi connectivity index (χ1n) is 3.36. The molecule has 0 N–H and O–H groups in total. The zero-order valence-corrected chi connectivity index (χ0v) is 7.28. The molecule has 0 fully saturated rings. The maximum Gasteiger partial charge on any atom is 0.416 e. The van der Waals surface area contributed by atoms with E-state index in [-0.39, 0.29) is 0 Å². The average molecular weight is 202 g/mol. The molecule has 0 bridgehead atoms. The summed E-state index contributed by atoms with van der Waals surface area (Å²) in [7, 11) is 0. The Labute approximate surface area is 79.2 Å². The summed E-state index contributed by atoms with van der Waals surface area (Å²) >= 11 is 3.63. The van der Waals surface area contributed by atoms with Crippen LogP contribution < -0.4 is 0 Å². The molecular formula is C9H5F3S. The minimum atomic E-state index is -4.28. The molecule has 0 amide bonds. The summed E-state index contributed by atoms with van der Waals surface area (Å²) in [5.41, 5.74) is -0.153. The first-order chi connectivity index (χ1) is 6.04. The lowest BCUT2D eigenvalue weighted by molar-refractivity contribution is -0.137. The van der Waals surface area contributed by atoms with Crippen molar-refractivity contribution in [2.24, 2.45) is 0 Å². The summed E-state index contributed by atoms with van der Waals surface area (Å²) in [4.78, 5) is 0. The zero-order chi connectivity index (χ0) is 9.90. The Morgan fingerprint density at radius 1 is 1.08 bits per heavy atom. The lowest BCUT2D eigenvalue weighted by atomic mass is 10.1. The van der Waals surface area contributed by atoms with Gasteiger partial charge < -0.3 is 0 Å². The molecule has 0 aliphatic heterocycles. The number of benzene rings is 1. The van der Waals surface area contributed by atoms with E-state index in [1.807, 2.05) is 0 Å². The zero-order valence-electron chi connectivity index (χ0n) is 6.39. The van der Waals surface area contributed by atoms with Gasteiger partial charge in [0.05, 0.1) is 5.56 Å². The first-order valence-corrected chi connectivity index (χ1v) is 3.81. The second-order valence-electron chi connectivity index (χ2n) is 2.31. The van der Waals surface area contributed by atoms with Gasteiger partial charge in [-0.2, -0.15) is 13.2 Å². The smallest absolute Gasteiger partial charge is 0.166 e. The van der Waals surface area contributed by atoms with E-state index in [1.165, 1.54) is 12.1 Å². The molecule has 0 saturated heterocycles. The maximum absolute atomic E-state index is 12.1. The fourth-order valence-corrected chi connectivity index (χ4v) is 0.936. The van der Waals surface area contributed by atoms with Crippen molar-refractivity contribution in [1.82, 2.24) is 0 Å². The van der Waals surface area contributed by atoms with Crippen LogP contribution in [0.4, 0.5) is 13.2 Å². The molecule has 68 valence electrons. The molecule has 0 radical (unpaired) electrons. The van der Waals surface area contributed by atoms with E-state index in [0.717, 1.165) is 12.1 Å². The third-order valence-corrected chi connectivity index (χ3v) is 1.52. The fourth-order valence-electron chi connectivity index (χ4n) is 0.807. The number of hydrogen-bond acceptors (Lipinski definition) is 1. The summed E-state index contributed by atoms with van der Waals surface area (Å²) < 4.78 is 36.2. The monoisotopic (exact) mass is 202 g/mol. The number of hydrogen-bond donors (Lipinski definition) is 1. The van der Waals surface area contributed by atoms with Gasteiger partial charge in [0.1, 0.15) is 0 Å². The van der Waals surface area contributed by atoms with Gasteiger partial charge in [0.15, 0.2) is 0 Å². The van der Waals surface area contributed by atoms with Crippen molar-refractivity contribution in [3.63, 3.8) is 0 Å². The van der Waals surface area contributed by atoms with Crippen molar-refractivity contribution in [1.29, 1.82) is 0 Å². The third kappa shape index (κ3) is 2.71. The van der Waals surface area contributed by atoms with E-state index in [9.17, 15) is 13.2 Å². The SMILES string of the molecule is FC(F)(F)c1ccc(C#CS)cc1. The Morgan fingerprint density at radius 3 is 2.00 bits per heavy atom. The van der Waals surface area contributed by atoms with Crippen molar-refractivity contribution < 1.29 is 13.2 Å². The Balaban J connectivity index is 2.98. The molecule has 1 aromatic rings. The van der Waals surface area contributed by atoms with Crippen molar-refractivity contribution in [2.45, 2.75) is 6.18 Å². The van der Waals surface area contributed by atoms with E-state index in [4.69, 9.17) is 0 Å². The van der Waals surface area contributed by atoms with Gasteiger partial charge in [0.2, 0.25) is 0 Å². The molecule has 0 unspecified atom stereocenters. The van der Waals surface area contributed by atoms with Crippen molar-refractivity contribution in [3.05, 3.63) is 35.4 Å². The molecule has 0 saturated carbocycles. The summed E-state index contributed by atoms with van der Waals surface area (Å²) in [6.45, 7) is 0. The van der Waals surface area contributed by atoms with Crippen LogP contribution in [0, 0.1) is 11.2 Å². The molecule has 0 heterocycles. The number of thiol groups is 1. The van der Waals surface area contributed by atoms with Crippen molar-refractivity contribution in [2.75, 3.05) is 0 Å². The highest BCUT2D eigenvalue weighted by atomic mass is 32.1. The van der Waals surface area contributed by atoms with E-state index in [0.29, 0.717) is 5.56 Å². The lowest BCUT2D eigenvalue weighted by Crippen LogP contribution is -2.03. The van der Waals surface area contributed by atoms with Crippen LogP contribution in [0.5, 0.6) is 0 Å². The minimum absolute atomic E-state index is 0.517. The summed E-state index contributed by atoms with van der Waals surface area (Å²) in [5.74, 6) is 2.53. The summed E-state index contributed by atoms with van der Waals surface area (Å²) in [5, 5.41) is 2.31. The number of rotatable bonds is 0. The Kier molecular flexibility index (Phi) is 2.89. The quantitative estimate of drug-likeness (QED) is 0.485. The molecule has 0 nitrogen and oxygen atoms in total. The molecule has 0 aliphatic carbocycles. The maximum atomic E-state index is 12.1. The lowest BCUT2D eigenvalue weighted by Gasteiger charge is -2.05. The fraction of sp³-hybridized carbons (Fsp3) is 0.111. The van der Waals surface area contributed by atoms with Crippen LogP contribution in [-0.2, 0) is 6.18 Å². The highest BCUT2D eigenvalue weighted by Gasteiger charge is 2.29. The highest BCUT2D eigenvalue weighted by molar-refractivity contribution is 7.85. The Morgan fingerprint density at radius 2 is 1.62 bits per heavy atom. The molecule has 0 aliphatic rings. The van der Waals surface area contributed by atoms with Gasteiger partial charge in [-0.05, 0) is 29.5 Å². The molecule has 13 heavy (non-hydrogen) atoms. The molecule has 0 aromatic heterocycles. The average Bonchev–Trinajstić information content (AvgIpc) is 2.04. The van der Waals surface area contributed by atoms with E-state index in [2.05, 4.69) is 23.8 Å². The molecule has 1 rings (SSSR count). The second kappa shape index (κ2) is 3.75. The largest absolute Gasteiger partial charge is 0.416 e. The third-order valence-electron chi connectivity index (χ3n) is 1.41. The van der Waals surface area contributed by atoms with Gasteiger partial charge in [-0.1, -0.05) is 18.5 Å². The second-order valence-corrected chi connectivity index (χ2v) is 2.54. The van der Waals surface area contributed by atoms with E-state index < -0.39 is 11.7 Å². The van der Waals surface area contributed by atoms with Gasteiger partial charge in [-0.3, -0.25) is 0 Å². The van der Waals surface area contributed by atoms with Gasteiger partial charge in [0.25, 0.3) is 0 Å². The van der Waals surface area contributed by atoms with Gasteiger partial charge in [0, 0.05) is 5.56 Å². The molecule has 4 heteroatoms. The van der Waals surface area contributed by atoms with E-state index in [1.54, 1.807) is 0 Å². The predicted molar refractivity (Wildman–Crippen MR) is 47.3 cm³/mol. The van der Waals surface area contributed by atoms with Crippen molar-refractivity contribution >= 4 is 12.6 Å². The van der Waals surface area contributed by atoms with Crippen LogP contribution in [0.1, 0.15) is 11.1 Å². The molecule has 0 spiro atoms. The summed E-state index contributed by atoms with van der Waals surface area (Å²) in [6.07, 6.45) is -4.28. The Bertz CT molecular complexity index is 340. The standard InChI is InChI=1S/C9H5F3S/c10-9(11,12)8-3-1-7(2-4-8)5-6-13/h1-4,13H. The highest BCUT2D eigenvalue weighted by Crippen LogP contribution is 2.28. The summed E-state index contributed by atoms with van der Waals surface area (Å²) in [6, 6.07) is 4.61. The molecule has 1 aromatic carbocycles. The molecule has 0 atom stereocenters. The van der Waals surface area contributed by atoms with Crippen LogP contribution in [0.2, 0.25) is 0 Å². The van der Waals surface area contributed by atoms with Gasteiger partial charge in [-0.15, -0.1) is 0 Å². The van der Waals surface area contributed by atoms with Gasteiger partial charge >= 0.3 is 6.18 Å². The predicted octanol–water partition coefficient (Wildman–Crippen LogP) is 2.94. The van der Waals surface area contributed by atoms with Crippen LogP contribution >= 0.6 is 12.6 Å².